The standard InChI is InChI=1S/C16H29N5OS.HI/c1-12-15(23-13(2)20-12)11-19-16(17-3)18-7-8-21(9-10-22-4)14-5-6-14;/h14H,5-11H2,1-4H3,(H2,17,18,19);1H. The van der Waals surface area contributed by atoms with Gasteiger partial charge in [0.15, 0.2) is 5.96 Å². The Morgan fingerprint density at radius 1 is 1.33 bits per heavy atom. The first-order valence-corrected chi connectivity index (χ1v) is 9.06. The SMILES string of the molecule is CN=C(NCCN(CCOC)C1CC1)NCc1sc(C)nc1C.I. The Morgan fingerprint density at radius 3 is 2.62 bits per heavy atom. The predicted molar refractivity (Wildman–Crippen MR) is 112 cm³/mol. The molecule has 0 atom stereocenters. The lowest BCUT2D eigenvalue weighted by Crippen LogP contribution is -2.42. The molecule has 0 amide bonds. The minimum atomic E-state index is 0. The van der Waals surface area contributed by atoms with Gasteiger partial charge in [0.2, 0.25) is 0 Å². The fourth-order valence-corrected chi connectivity index (χ4v) is 3.44. The van der Waals surface area contributed by atoms with Crippen LogP contribution in [0.5, 0.6) is 0 Å². The molecule has 8 heteroatoms. The second kappa shape index (κ2) is 11.2. The van der Waals surface area contributed by atoms with Gasteiger partial charge >= 0.3 is 0 Å². The number of hydrogen-bond acceptors (Lipinski definition) is 5. The lowest BCUT2D eigenvalue weighted by atomic mass is 10.4. The number of hydrogen-bond donors (Lipinski definition) is 2. The number of thiazole rings is 1. The van der Waals surface area contributed by atoms with E-state index >= 15 is 0 Å². The van der Waals surface area contributed by atoms with Crippen molar-refractivity contribution >= 4 is 41.3 Å². The highest BCUT2D eigenvalue weighted by Crippen LogP contribution is 2.25. The fourth-order valence-electron chi connectivity index (χ4n) is 2.57. The molecular formula is C16H30IN5OS. The monoisotopic (exact) mass is 467 g/mol. The van der Waals surface area contributed by atoms with Crippen LogP contribution in [0.15, 0.2) is 4.99 Å². The number of aryl methyl sites for hydroxylation is 2. The molecule has 0 bridgehead atoms. The van der Waals surface area contributed by atoms with Crippen molar-refractivity contribution in [1.29, 1.82) is 0 Å². The first-order chi connectivity index (χ1) is 11.1. The number of ether oxygens (including phenoxy) is 1. The number of nitrogens with zero attached hydrogens (tertiary/aromatic N) is 3. The quantitative estimate of drug-likeness (QED) is 0.331. The summed E-state index contributed by atoms with van der Waals surface area (Å²) < 4.78 is 5.20. The van der Waals surface area contributed by atoms with Gasteiger partial charge in [0, 0.05) is 44.7 Å². The Morgan fingerprint density at radius 2 is 2.08 bits per heavy atom. The minimum absolute atomic E-state index is 0. The van der Waals surface area contributed by atoms with Crippen LogP contribution in [-0.2, 0) is 11.3 Å². The Bertz CT molecular complexity index is 519. The van der Waals surface area contributed by atoms with Gasteiger partial charge in [-0.15, -0.1) is 35.3 Å². The topological polar surface area (TPSA) is 61.8 Å². The van der Waals surface area contributed by atoms with E-state index in [4.69, 9.17) is 4.74 Å². The maximum atomic E-state index is 5.20. The molecule has 1 aliphatic rings. The number of aromatic nitrogens is 1. The second-order valence-electron chi connectivity index (χ2n) is 5.85. The van der Waals surface area contributed by atoms with E-state index in [-0.39, 0.29) is 24.0 Å². The molecule has 0 saturated heterocycles. The summed E-state index contributed by atoms with van der Waals surface area (Å²) in [5.74, 6) is 0.845. The normalized spacial score (nSPS) is 14.6. The van der Waals surface area contributed by atoms with Crippen LogP contribution in [0.4, 0.5) is 0 Å². The first kappa shape index (κ1) is 21.6. The summed E-state index contributed by atoms with van der Waals surface area (Å²) in [6.07, 6.45) is 2.64. The molecule has 1 fully saturated rings. The molecule has 1 aromatic heterocycles. The van der Waals surface area contributed by atoms with E-state index in [9.17, 15) is 0 Å². The van der Waals surface area contributed by atoms with Crippen LogP contribution < -0.4 is 10.6 Å². The zero-order valence-electron chi connectivity index (χ0n) is 15.1. The molecule has 2 N–H and O–H groups in total. The third-order valence-corrected chi connectivity index (χ3v) is 5.05. The summed E-state index contributed by atoms with van der Waals surface area (Å²) in [5, 5.41) is 7.88. The van der Waals surface area contributed by atoms with Crippen molar-refractivity contribution in [2.45, 2.75) is 39.3 Å². The van der Waals surface area contributed by atoms with Crippen molar-refractivity contribution in [2.75, 3.05) is 40.4 Å². The van der Waals surface area contributed by atoms with Crippen LogP contribution >= 0.6 is 35.3 Å². The molecule has 138 valence electrons. The van der Waals surface area contributed by atoms with E-state index in [0.717, 1.165) is 55.5 Å². The maximum absolute atomic E-state index is 5.20. The molecular weight excluding hydrogens is 437 g/mol. The van der Waals surface area contributed by atoms with Crippen LogP contribution in [-0.4, -0.2) is 62.3 Å². The number of methoxy groups -OCH3 is 1. The van der Waals surface area contributed by atoms with Crippen LogP contribution in [0, 0.1) is 13.8 Å². The third kappa shape index (κ3) is 7.20. The molecule has 0 radical (unpaired) electrons. The van der Waals surface area contributed by atoms with E-state index in [1.807, 2.05) is 14.0 Å². The summed E-state index contributed by atoms with van der Waals surface area (Å²) in [6.45, 7) is 8.59. The molecule has 1 aromatic rings. The van der Waals surface area contributed by atoms with Crippen molar-refractivity contribution in [3.63, 3.8) is 0 Å². The molecule has 1 heterocycles. The summed E-state index contributed by atoms with van der Waals surface area (Å²) in [5.41, 5.74) is 1.11. The molecule has 0 aliphatic heterocycles. The molecule has 0 unspecified atom stereocenters. The maximum Gasteiger partial charge on any atom is 0.191 e. The minimum Gasteiger partial charge on any atom is -0.383 e. The van der Waals surface area contributed by atoms with Crippen LogP contribution in [0.25, 0.3) is 0 Å². The fraction of sp³-hybridized carbons (Fsp3) is 0.750. The van der Waals surface area contributed by atoms with Gasteiger partial charge in [0.05, 0.1) is 23.9 Å². The summed E-state index contributed by atoms with van der Waals surface area (Å²) in [7, 11) is 3.57. The van der Waals surface area contributed by atoms with E-state index in [2.05, 4.69) is 32.4 Å². The second-order valence-corrected chi connectivity index (χ2v) is 7.14. The van der Waals surface area contributed by atoms with Crippen LogP contribution in [0.3, 0.4) is 0 Å². The molecule has 24 heavy (non-hydrogen) atoms. The Hall–Kier alpha value is -0.450. The van der Waals surface area contributed by atoms with Gasteiger partial charge in [0.1, 0.15) is 0 Å². The van der Waals surface area contributed by atoms with Crippen molar-refractivity contribution in [2.24, 2.45) is 4.99 Å². The lowest BCUT2D eigenvalue weighted by Gasteiger charge is -2.22. The zero-order valence-corrected chi connectivity index (χ0v) is 18.2. The van der Waals surface area contributed by atoms with Gasteiger partial charge in [-0.05, 0) is 26.7 Å². The van der Waals surface area contributed by atoms with Gasteiger partial charge in [-0.1, -0.05) is 0 Å². The van der Waals surface area contributed by atoms with Gasteiger partial charge in [-0.3, -0.25) is 9.89 Å². The molecule has 0 spiro atoms. The Kier molecular flexibility index (Phi) is 10.1. The average Bonchev–Trinajstić information content (AvgIpc) is 3.31. The third-order valence-electron chi connectivity index (χ3n) is 3.98. The summed E-state index contributed by atoms with van der Waals surface area (Å²) in [6, 6.07) is 0.754. The number of halogens is 1. The molecule has 2 rings (SSSR count). The summed E-state index contributed by atoms with van der Waals surface area (Å²) in [4.78, 5) is 12.5. The van der Waals surface area contributed by atoms with Gasteiger partial charge in [0.25, 0.3) is 0 Å². The smallest absolute Gasteiger partial charge is 0.191 e. The highest BCUT2D eigenvalue weighted by molar-refractivity contribution is 14.0. The van der Waals surface area contributed by atoms with Gasteiger partial charge in [-0.25, -0.2) is 4.98 Å². The largest absolute Gasteiger partial charge is 0.383 e. The predicted octanol–water partition coefficient (Wildman–Crippen LogP) is 2.15. The van der Waals surface area contributed by atoms with E-state index in [0.29, 0.717) is 0 Å². The molecule has 0 aromatic carbocycles. The van der Waals surface area contributed by atoms with Crippen molar-refractivity contribution in [1.82, 2.24) is 20.5 Å². The van der Waals surface area contributed by atoms with E-state index < -0.39 is 0 Å². The molecule has 1 aliphatic carbocycles. The van der Waals surface area contributed by atoms with Gasteiger partial charge in [-0.2, -0.15) is 0 Å². The average molecular weight is 467 g/mol. The van der Waals surface area contributed by atoms with Gasteiger partial charge < -0.3 is 15.4 Å². The van der Waals surface area contributed by atoms with Crippen molar-refractivity contribution in [3.05, 3.63) is 15.6 Å². The van der Waals surface area contributed by atoms with Crippen molar-refractivity contribution in [3.8, 4) is 0 Å². The summed E-state index contributed by atoms with van der Waals surface area (Å²) >= 11 is 1.74. The molecule has 6 nitrogen and oxygen atoms in total. The highest BCUT2D eigenvalue weighted by atomic mass is 127. The number of rotatable bonds is 9. The highest BCUT2D eigenvalue weighted by Gasteiger charge is 2.28. The number of nitrogens with one attached hydrogen (secondary N) is 2. The number of guanidine groups is 1. The zero-order chi connectivity index (χ0) is 16.7. The van der Waals surface area contributed by atoms with Crippen LogP contribution in [0.2, 0.25) is 0 Å². The van der Waals surface area contributed by atoms with Crippen molar-refractivity contribution < 1.29 is 4.74 Å². The Balaban J connectivity index is 0.00000288. The lowest BCUT2D eigenvalue weighted by molar-refractivity contribution is 0.144. The number of aliphatic imine (C=N–C) groups is 1. The Labute approximate surface area is 166 Å². The van der Waals surface area contributed by atoms with E-state index in [1.54, 1.807) is 18.4 Å². The first-order valence-electron chi connectivity index (χ1n) is 8.24. The van der Waals surface area contributed by atoms with Crippen LogP contribution in [0.1, 0.15) is 28.4 Å². The van der Waals surface area contributed by atoms with E-state index in [1.165, 1.54) is 17.7 Å². The molecule has 1 saturated carbocycles.